The van der Waals surface area contributed by atoms with Gasteiger partial charge < -0.3 is 15.2 Å². The Bertz CT molecular complexity index is 1340. The van der Waals surface area contributed by atoms with Crippen LogP contribution in [0.5, 0.6) is 0 Å². The van der Waals surface area contributed by atoms with Gasteiger partial charge in [-0.2, -0.15) is 0 Å². The third-order valence-electron chi connectivity index (χ3n) is 5.86. The number of para-hydroxylation sites is 2. The highest BCUT2D eigenvalue weighted by atomic mass is 16.2. The van der Waals surface area contributed by atoms with Gasteiger partial charge in [0, 0.05) is 40.0 Å². The summed E-state index contributed by atoms with van der Waals surface area (Å²) < 4.78 is 0. The number of aromatic nitrogens is 1. The Morgan fingerprint density at radius 2 is 1.69 bits per heavy atom. The number of H-pyrrole nitrogens is 1. The summed E-state index contributed by atoms with van der Waals surface area (Å²) in [6.45, 7) is 2.03. The molecule has 0 aliphatic carbocycles. The van der Waals surface area contributed by atoms with Gasteiger partial charge in [0.05, 0.1) is 0 Å². The molecule has 0 saturated carbocycles. The van der Waals surface area contributed by atoms with Crippen LogP contribution >= 0.6 is 0 Å². The lowest BCUT2D eigenvalue weighted by Crippen LogP contribution is -2.41. The third kappa shape index (κ3) is 3.58. The van der Waals surface area contributed by atoms with Crippen LogP contribution in [0.15, 0.2) is 90.8 Å². The Morgan fingerprint density at radius 3 is 2.53 bits per heavy atom. The molecule has 4 aromatic rings. The van der Waals surface area contributed by atoms with Gasteiger partial charge in [-0.1, -0.05) is 54.6 Å². The number of anilines is 1. The van der Waals surface area contributed by atoms with Crippen LogP contribution in [0.2, 0.25) is 0 Å². The minimum atomic E-state index is -0.315. The molecule has 0 unspecified atom stereocenters. The number of fused-ring (bicyclic) bond motifs is 2. The maximum absolute atomic E-state index is 13.8. The van der Waals surface area contributed by atoms with E-state index >= 15 is 0 Å². The zero-order valence-electron chi connectivity index (χ0n) is 17.7. The smallest absolute Gasteiger partial charge is 0.275 e. The van der Waals surface area contributed by atoms with Crippen LogP contribution < -0.4 is 10.2 Å². The standard InChI is InChI=1S/C27H23N3O2/c1-18-15-20-11-5-8-14-25(20)30(18)27(32)24(29-26(31)19-9-3-2-4-10-19)16-21-17-28-23-13-7-6-12-22(21)23/h2-14,16-18,28H,15H2,1H3,(H,29,31)/b24-16+/t18-/m0/s1. The van der Waals surface area contributed by atoms with E-state index < -0.39 is 0 Å². The van der Waals surface area contributed by atoms with E-state index in [1.807, 2.05) is 67.7 Å². The fourth-order valence-corrected chi connectivity index (χ4v) is 4.31. The van der Waals surface area contributed by atoms with Crippen molar-refractivity contribution in [1.29, 1.82) is 0 Å². The van der Waals surface area contributed by atoms with Crippen molar-refractivity contribution in [3.05, 3.63) is 107 Å². The first-order chi connectivity index (χ1) is 15.6. The topological polar surface area (TPSA) is 65.2 Å². The molecule has 0 radical (unpaired) electrons. The molecule has 0 bridgehead atoms. The van der Waals surface area contributed by atoms with E-state index in [0.717, 1.165) is 34.1 Å². The molecule has 1 aromatic heterocycles. The lowest BCUT2D eigenvalue weighted by Gasteiger charge is -2.24. The Labute approximate surface area is 186 Å². The molecular formula is C27H23N3O2. The van der Waals surface area contributed by atoms with Gasteiger partial charge in [-0.3, -0.25) is 9.59 Å². The quantitative estimate of drug-likeness (QED) is 0.460. The predicted octanol–water partition coefficient (Wildman–Crippen LogP) is 4.92. The van der Waals surface area contributed by atoms with Crippen molar-refractivity contribution in [1.82, 2.24) is 10.3 Å². The number of hydrogen-bond acceptors (Lipinski definition) is 2. The minimum absolute atomic E-state index is 0.0000961. The lowest BCUT2D eigenvalue weighted by molar-refractivity contribution is -0.115. The second-order valence-electron chi connectivity index (χ2n) is 8.02. The Hall–Kier alpha value is -4.12. The molecule has 32 heavy (non-hydrogen) atoms. The average molecular weight is 422 g/mol. The van der Waals surface area contributed by atoms with Gasteiger partial charge in [0.2, 0.25) is 0 Å². The van der Waals surface area contributed by atoms with E-state index in [9.17, 15) is 9.59 Å². The van der Waals surface area contributed by atoms with Crippen LogP contribution in [-0.4, -0.2) is 22.8 Å². The molecule has 1 atom stereocenters. The van der Waals surface area contributed by atoms with E-state index in [4.69, 9.17) is 0 Å². The SMILES string of the molecule is C[C@H]1Cc2ccccc2N1C(=O)/C(=C\c1c[nH]c2ccccc12)NC(=O)c1ccccc1. The van der Waals surface area contributed by atoms with Gasteiger partial charge >= 0.3 is 0 Å². The number of hydrogen-bond donors (Lipinski definition) is 2. The summed E-state index contributed by atoms with van der Waals surface area (Å²) in [5.41, 5.74) is 4.59. The highest BCUT2D eigenvalue weighted by molar-refractivity contribution is 6.13. The maximum Gasteiger partial charge on any atom is 0.275 e. The molecule has 1 aliphatic heterocycles. The van der Waals surface area contributed by atoms with Gasteiger partial charge in [0.25, 0.3) is 11.8 Å². The largest absolute Gasteiger partial charge is 0.361 e. The van der Waals surface area contributed by atoms with E-state index in [1.165, 1.54) is 0 Å². The summed E-state index contributed by atoms with van der Waals surface area (Å²) in [4.78, 5) is 31.8. The normalized spacial score (nSPS) is 15.6. The van der Waals surface area contributed by atoms with Crippen molar-refractivity contribution < 1.29 is 9.59 Å². The van der Waals surface area contributed by atoms with Gasteiger partial charge in [-0.15, -0.1) is 0 Å². The molecule has 5 rings (SSSR count). The summed E-state index contributed by atoms with van der Waals surface area (Å²) in [6, 6.07) is 24.7. The Morgan fingerprint density at radius 1 is 0.969 bits per heavy atom. The van der Waals surface area contributed by atoms with Crippen molar-refractivity contribution in [2.45, 2.75) is 19.4 Å². The van der Waals surface area contributed by atoms with Crippen molar-refractivity contribution in [3.63, 3.8) is 0 Å². The van der Waals surface area contributed by atoms with Crippen LogP contribution in [0, 0.1) is 0 Å². The van der Waals surface area contributed by atoms with Crippen LogP contribution in [-0.2, 0) is 11.2 Å². The number of rotatable bonds is 4. The Kier molecular flexibility index (Phi) is 5.07. The molecule has 2 amide bonds. The van der Waals surface area contributed by atoms with Crippen LogP contribution in [0.3, 0.4) is 0 Å². The summed E-state index contributed by atoms with van der Waals surface area (Å²) in [6.07, 6.45) is 4.40. The zero-order chi connectivity index (χ0) is 22.1. The molecule has 2 heterocycles. The first-order valence-corrected chi connectivity index (χ1v) is 10.7. The minimum Gasteiger partial charge on any atom is -0.361 e. The van der Waals surface area contributed by atoms with E-state index in [0.29, 0.717) is 5.56 Å². The maximum atomic E-state index is 13.8. The fourth-order valence-electron chi connectivity index (χ4n) is 4.31. The predicted molar refractivity (Wildman–Crippen MR) is 127 cm³/mol. The molecular weight excluding hydrogens is 398 g/mol. The van der Waals surface area contributed by atoms with Crippen molar-refractivity contribution in [2.75, 3.05) is 4.90 Å². The highest BCUT2D eigenvalue weighted by Gasteiger charge is 2.33. The second-order valence-corrected chi connectivity index (χ2v) is 8.02. The van der Waals surface area contributed by atoms with Gasteiger partial charge in [-0.05, 0) is 49.2 Å². The molecule has 5 heteroatoms. The van der Waals surface area contributed by atoms with Crippen LogP contribution in [0.25, 0.3) is 17.0 Å². The first kappa shape index (κ1) is 19.8. The molecule has 5 nitrogen and oxygen atoms in total. The summed E-state index contributed by atoms with van der Waals surface area (Å²) in [7, 11) is 0. The Balaban J connectivity index is 1.56. The molecule has 1 aliphatic rings. The van der Waals surface area contributed by atoms with Gasteiger partial charge in [0.15, 0.2) is 0 Å². The number of carbonyl (C=O) groups excluding carboxylic acids is 2. The molecule has 2 N–H and O–H groups in total. The third-order valence-corrected chi connectivity index (χ3v) is 5.86. The van der Waals surface area contributed by atoms with Crippen LogP contribution in [0.1, 0.15) is 28.4 Å². The zero-order valence-corrected chi connectivity index (χ0v) is 17.7. The average Bonchev–Trinajstić information content (AvgIpc) is 3.38. The van der Waals surface area contributed by atoms with Crippen molar-refractivity contribution in [2.24, 2.45) is 0 Å². The fraction of sp³-hybridized carbons (Fsp3) is 0.111. The van der Waals surface area contributed by atoms with E-state index in [2.05, 4.69) is 10.3 Å². The lowest BCUT2D eigenvalue weighted by atomic mass is 10.1. The summed E-state index contributed by atoms with van der Waals surface area (Å²) >= 11 is 0. The van der Waals surface area contributed by atoms with Crippen molar-refractivity contribution in [3.8, 4) is 0 Å². The van der Waals surface area contributed by atoms with E-state index in [-0.39, 0.29) is 23.6 Å². The number of amides is 2. The van der Waals surface area contributed by atoms with E-state index in [1.54, 1.807) is 35.2 Å². The second kappa shape index (κ2) is 8.19. The first-order valence-electron chi connectivity index (χ1n) is 10.7. The number of carbonyl (C=O) groups is 2. The molecule has 3 aromatic carbocycles. The highest BCUT2D eigenvalue weighted by Crippen LogP contribution is 2.33. The van der Waals surface area contributed by atoms with Crippen molar-refractivity contribution >= 4 is 34.5 Å². The molecule has 0 spiro atoms. The molecule has 0 saturated heterocycles. The summed E-state index contributed by atoms with van der Waals surface area (Å²) in [5.74, 6) is -0.540. The number of nitrogens with zero attached hydrogens (tertiary/aromatic N) is 1. The number of nitrogens with one attached hydrogen (secondary N) is 2. The molecule has 158 valence electrons. The summed E-state index contributed by atoms with van der Waals surface area (Å²) in [5, 5.41) is 3.87. The monoisotopic (exact) mass is 421 g/mol. The van der Waals surface area contributed by atoms with Gasteiger partial charge in [-0.25, -0.2) is 0 Å². The number of benzene rings is 3. The molecule has 0 fully saturated rings. The van der Waals surface area contributed by atoms with Gasteiger partial charge in [0.1, 0.15) is 5.70 Å². The number of aromatic amines is 1. The van der Waals surface area contributed by atoms with Crippen LogP contribution in [0.4, 0.5) is 5.69 Å².